The lowest BCUT2D eigenvalue weighted by Gasteiger charge is -2.38. The number of carbonyl (C=O) groups is 1. The highest BCUT2D eigenvalue weighted by Gasteiger charge is 2.36. The SMILES string of the molecule is CC1CCC(C(=O)O)C(N(C)Cc2ccco2)C1. The molecule has 0 bridgehead atoms. The van der Waals surface area contributed by atoms with Crippen LogP contribution in [0.1, 0.15) is 31.9 Å². The first-order valence-electron chi connectivity index (χ1n) is 6.53. The van der Waals surface area contributed by atoms with Crippen LogP contribution in [-0.2, 0) is 11.3 Å². The molecule has 4 nitrogen and oxygen atoms in total. The standard InChI is InChI=1S/C14H21NO3/c1-10-5-6-12(14(16)17)13(8-10)15(2)9-11-4-3-7-18-11/h3-4,7,10,12-13H,5-6,8-9H2,1-2H3,(H,16,17). The number of hydrogen-bond acceptors (Lipinski definition) is 3. The summed E-state index contributed by atoms with van der Waals surface area (Å²) in [6, 6.07) is 3.90. The van der Waals surface area contributed by atoms with E-state index in [1.807, 2.05) is 19.2 Å². The van der Waals surface area contributed by atoms with Crippen molar-refractivity contribution in [1.29, 1.82) is 0 Å². The van der Waals surface area contributed by atoms with Crippen molar-refractivity contribution in [2.24, 2.45) is 11.8 Å². The van der Waals surface area contributed by atoms with E-state index in [2.05, 4.69) is 11.8 Å². The van der Waals surface area contributed by atoms with Crippen molar-refractivity contribution in [3.8, 4) is 0 Å². The molecule has 0 aliphatic heterocycles. The Kier molecular flexibility index (Phi) is 4.07. The van der Waals surface area contributed by atoms with Gasteiger partial charge >= 0.3 is 5.97 Å². The lowest BCUT2D eigenvalue weighted by Crippen LogP contribution is -2.44. The summed E-state index contributed by atoms with van der Waals surface area (Å²) < 4.78 is 5.33. The zero-order valence-electron chi connectivity index (χ0n) is 11.0. The maximum Gasteiger partial charge on any atom is 0.308 e. The minimum Gasteiger partial charge on any atom is -0.481 e. The Hall–Kier alpha value is -1.29. The average molecular weight is 251 g/mol. The predicted molar refractivity (Wildman–Crippen MR) is 68.1 cm³/mol. The molecule has 0 spiro atoms. The molecule has 1 aliphatic carbocycles. The van der Waals surface area contributed by atoms with E-state index in [9.17, 15) is 9.90 Å². The van der Waals surface area contributed by atoms with E-state index < -0.39 is 5.97 Å². The van der Waals surface area contributed by atoms with Crippen LogP contribution in [0.4, 0.5) is 0 Å². The number of furan rings is 1. The molecule has 18 heavy (non-hydrogen) atoms. The smallest absolute Gasteiger partial charge is 0.308 e. The minimum atomic E-state index is -0.668. The van der Waals surface area contributed by atoms with E-state index in [-0.39, 0.29) is 12.0 Å². The van der Waals surface area contributed by atoms with Gasteiger partial charge in [0.2, 0.25) is 0 Å². The molecule has 1 heterocycles. The molecule has 1 aliphatic rings. The van der Waals surface area contributed by atoms with E-state index >= 15 is 0 Å². The van der Waals surface area contributed by atoms with Gasteiger partial charge in [0.25, 0.3) is 0 Å². The molecule has 3 atom stereocenters. The van der Waals surface area contributed by atoms with Crippen molar-refractivity contribution in [2.45, 2.75) is 38.8 Å². The van der Waals surface area contributed by atoms with Gasteiger partial charge < -0.3 is 9.52 Å². The molecule has 1 fully saturated rings. The normalized spacial score (nSPS) is 28.5. The Labute approximate surface area is 108 Å². The monoisotopic (exact) mass is 251 g/mol. The van der Waals surface area contributed by atoms with Crippen LogP contribution in [0, 0.1) is 11.8 Å². The second kappa shape index (κ2) is 5.57. The molecule has 3 unspecified atom stereocenters. The number of carboxylic acid groups (broad SMARTS) is 1. The molecule has 2 rings (SSSR count). The minimum absolute atomic E-state index is 0.108. The van der Waals surface area contributed by atoms with Crippen molar-refractivity contribution in [1.82, 2.24) is 4.90 Å². The highest BCUT2D eigenvalue weighted by molar-refractivity contribution is 5.71. The molecule has 1 N–H and O–H groups in total. The molecule has 4 heteroatoms. The van der Waals surface area contributed by atoms with E-state index in [0.717, 1.165) is 25.0 Å². The third kappa shape index (κ3) is 2.93. The van der Waals surface area contributed by atoms with Crippen molar-refractivity contribution in [2.75, 3.05) is 7.05 Å². The Morgan fingerprint density at radius 3 is 2.94 bits per heavy atom. The number of nitrogens with zero attached hydrogens (tertiary/aromatic N) is 1. The van der Waals surface area contributed by atoms with Crippen LogP contribution >= 0.6 is 0 Å². The van der Waals surface area contributed by atoms with Gasteiger partial charge in [0.05, 0.1) is 18.7 Å². The van der Waals surface area contributed by atoms with E-state index in [4.69, 9.17) is 4.42 Å². The van der Waals surface area contributed by atoms with Crippen molar-refractivity contribution in [3.63, 3.8) is 0 Å². The van der Waals surface area contributed by atoms with Crippen LogP contribution in [0.2, 0.25) is 0 Å². The summed E-state index contributed by atoms with van der Waals surface area (Å²) >= 11 is 0. The fraction of sp³-hybridized carbons (Fsp3) is 0.643. The van der Waals surface area contributed by atoms with Crippen LogP contribution in [0.3, 0.4) is 0 Å². The maximum absolute atomic E-state index is 11.3. The molecule has 1 aromatic heterocycles. The fourth-order valence-corrected chi connectivity index (χ4v) is 2.89. The summed E-state index contributed by atoms with van der Waals surface area (Å²) in [7, 11) is 1.99. The van der Waals surface area contributed by atoms with E-state index in [1.54, 1.807) is 6.26 Å². The molecule has 1 saturated carbocycles. The lowest BCUT2D eigenvalue weighted by atomic mass is 9.78. The number of carboxylic acids is 1. The van der Waals surface area contributed by atoms with Gasteiger partial charge in [0.15, 0.2) is 0 Å². The summed E-state index contributed by atoms with van der Waals surface area (Å²) in [5.41, 5.74) is 0. The van der Waals surface area contributed by atoms with Gasteiger partial charge in [-0.15, -0.1) is 0 Å². The van der Waals surface area contributed by atoms with E-state index in [1.165, 1.54) is 0 Å². The zero-order chi connectivity index (χ0) is 13.1. The average Bonchev–Trinajstić information content (AvgIpc) is 2.81. The second-order valence-electron chi connectivity index (χ2n) is 5.42. The topological polar surface area (TPSA) is 53.7 Å². The van der Waals surface area contributed by atoms with Crippen molar-refractivity contribution < 1.29 is 14.3 Å². The summed E-state index contributed by atoms with van der Waals surface area (Å²) in [5, 5.41) is 9.32. The summed E-state index contributed by atoms with van der Waals surface area (Å²) in [4.78, 5) is 13.4. The summed E-state index contributed by atoms with van der Waals surface area (Å²) in [6.07, 6.45) is 4.40. The highest BCUT2D eigenvalue weighted by atomic mass is 16.4. The Morgan fingerprint density at radius 1 is 1.56 bits per heavy atom. The third-order valence-corrected chi connectivity index (χ3v) is 3.95. The van der Waals surface area contributed by atoms with Gasteiger partial charge in [-0.25, -0.2) is 0 Å². The summed E-state index contributed by atoms with van der Waals surface area (Å²) in [6.45, 7) is 2.87. The molecular formula is C14H21NO3. The van der Waals surface area contributed by atoms with Crippen molar-refractivity contribution in [3.05, 3.63) is 24.2 Å². The first-order chi connectivity index (χ1) is 8.58. The maximum atomic E-state index is 11.3. The fourth-order valence-electron chi connectivity index (χ4n) is 2.89. The van der Waals surface area contributed by atoms with Gasteiger partial charge in [0, 0.05) is 6.04 Å². The largest absolute Gasteiger partial charge is 0.481 e. The Morgan fingerprint density at radius 2 is 2.33 bits per heavy atom. The summed E-state index contributed by atoms with van der Waals surface area (Å²) in [5.74, 6) is 0.573. The molecule has 0 saturated heterocycles. The van der Waals surface area contributed by atoms with Gasteiger partial charge in [-0.3, -0.25) is 9.69 Å². The Bertz CT molecular complexity index is 388. The first-order valence-corrected chi connectivity index (χ1v) is 6.53. The number of rotatable bonds is 4. The zero-order valence-corrected chi connectivity index (χ0v) is 11.0. The molecule has 0 radical (unpaired) electrons. The van der Waals surface area contributed by atoms with Crippen molar-refractivity contribution >= 4 is 5.97 Å². The molecule has 0 amide bonds. The van der Waals surface area contributed by atoms with Crippen LogP contribution < -0.4 is 0 Å². The Balaban J connectivity index is 2.04. The third-order valence-electron chi connectivity index (χ3n) is 3.95. The molecular weight excluding hydrogens is 230 g/mol. The number of aliphatic carboxylic acids is 1. The molecule has 1 aromatic rings. The van der Waals surface area contributed by atoms with Gasteiger partial charge in [-0.05, 0) is 44.4 Å². The van der Waals surface area contributed by atoms with Crippen LogP contribution in [0.5, 0.6) is 0 Å². The quantitative estimate of drug-likeness (QED) is 0.893. The van der Waals surface area contributed by atoms with E-state index in [0.29, 0.717) is 12.5 Å². The van der Waals surface area contributed by atoms with Gasteiger partial charge in [-0.2, -0.15) is 0 Å². The van der Waals surface area contributed by atoms with Crippen LogP contribution in [0.15, 0.2) is 22.8 Å². The predicted octanol–water partition coefficient (Wildman–Crippen LogP) is 2.60. The second-order valence-corrected chi connectivity index (χ2v) is 5.42. The highest BCUT2D eigenvalue weighted by Crippen LogP contribution is 2.32. The molecule has 0 aromatic carbocycles. The molecule has 100 valence electrons. The number of hydrogen-bond donors (Lipinski definition) is 1. The lowest BCUT2D eigenvalue weighted by molar-refractivity contribution is -0.146. The van der Waals surface area contributed by atoms with Crippen LogP contribution in [0.25, 0.3) is 0 Å². The van der Waals surface area contributed by atoms with Gasteiger partial charge in [0.1, 0.15) is 5.76 Å². The van der Waals surface area contributed by atoms with Crippen LogP contribution in [-0.4, -0.2) is 29.1 Å². The van der Waals surface area contributed by atoms with Gasteiger partial charge in [-0.1, -0.05) is 6.92 Å². The first kappa shape index (κ1) is 13.1.